The summed E-state index contributed by atoms with van der Waals surface area (Å²) in [4.78, 5) is 22.0. The predicted octanol–water partition coefficient (Wildman–Crippen LogP) is 3.12. The molecule has 8 nitrogen and oxygen atoms in total. The van der Waals surface area contributed by atoms with Gasteiger partial charge < -0.3 is 9.88 Å². The number of aromatic nitrogens is 3. The fraction of sp³-hybridized carbons (Fsp3) is 0.312. The van der Waals surface area contributed by atoms with Crippen LogP contribution < -0.4 is 5.32 Å². The molecule has 1 N–H and O–H groups in total. The highest BCUT2D eigenvalue weighted by atomic mass is 32.2. The van der Waals surface area contributed by atoms with E-state index in [1.165, 1.54) is 17.8 Å². The van der Waals surface area contributed by atoms with Gasteiger partial charge in [-0.15, -0.1) is 16.8 Å². The summed E-state index contributed by atoms with van der Waals surface area (Å²) in [5, 5.41) is 22.2. The molecular weight excluding hydrogens is 361 g/mol. The van der Waals surface area contributed by atoms with E-state index in [1.807, 2.05) is 4.57 Å². The Labute approximate surface area is 152 Å². The second-order valence-electron chi connectivity index (χ2n) is 5.77. The maximum Gasteiger partial charge on any atom is 0.306 e. The third kappa shape index (κ3) is 4.07. The molecule has 0 unspecified atom stereocenters. The molecule has 10 heteroatoms. The molecule has 1 heterocycles. The van der Waals surface area contributed by atoms with Crippen molar-refractivity contribution in [3.63, 3.8) is 0 Å². The molecule has 2 aromatic rings. The van der Waals surface area contributed by atoms with Crippen LogP contribution in [0.5, 0.6) is 0 Å². The Kier molecular flexibility index (Phi) is 5.31. The van der Waals surface area contributed by atoms with Gasteiger partial charge in [0.15, 0.2) is 5.16 Å². The van der Waals surface area contributed by atoms with Crippen molar-refractivity contribution in [3.8, 4) is 0 Å². The number of anilines is 1. The molecule has 1 aromatic heterocycles. The molecule has 1 saturated carbocycles. The second kappa shape index (κ2) is 7.65. The number of hydrogen-bond donors (Lipinski definition) is 1. The zero-order chi connectivity index (χ0) is 18.7. The molecule has 1 aliphatic carbocycles. The average Bonchev–Trinajstić information content (AvgIpc) is 3.37. The fourth-order valence-electron chi connectivity index (χ4n) is 2.41. The van der Waals surface area contributed by atoms with Crippen LogP contribution >= 0.6 is 11.8 Å². The van der Waals surface area contributed by atoms with Gasteiger partial charge in [-0.3, -0.25) is 14.9 Å². The first-order chi connectivity index (χ1) is 12.5. The Hall–Kier alpha value is -2.75. The number of rotatable bonds is 8. The van der Waals surface area contributed by atoms with E-state index in [0.717, 1.165) is 30.8 Å². The van der Waals surface area contributed by atoms with Gasteiger partial charge >= 0.3 is 5.69 Å². The van der Waals surface area contributed by atoms with Crippen molar-refractivity contribution in [1.29, 1.82) is 0 Å². The van der Waals surface area contributed by atoms with Gasteiger partial charge in [-0.25, -0.2) is 0 Å². The van der Waals surface area contributed by atoms with Crippen molar-refractivity contribution >= 4 is 29.0 Å². The van der Waals surface area contributed by atoms with Gasteiger partial charge in [-0.1, -0.05) is 17.8 Å². The number of carbonyl (C=O) groups excluding carboxylic acids is 1. The maximum absolute atomic E-state index is 13.3. The molecule has 136 valence electrons. The summed E-state index contributed by atoms with van der Waals surface area (Å²) in [6, 6.07) is 3.21. The first-order valence-electron chi connectivity index (χ1n) is 7.90. The van der Waals surface area contributed by atoms with Gasteiger partial charge in [0.05, 0.1) is 10.7 Å². The first-order valence-corrected chi connectivity index (χ1v) is 8.88. The summed E-state index contributed by atoms with van der Waals surface area (Å²) in [7, 11) is 0. The highest BCUT2D eigenvalue weighted by Crippen LogP contribution is 2.40. The SMILES string of the molecule is C=CCn1c(SCC(=O)Nc2ccc(F)c([N+](=O)[O-])c2)nnc1C1CC1. The van der Waals surface area contributed by atoms with E-state index in [-0.39, 0.29) is 17.3 Å². The quantitative estimate of drug-likeness (QED) is 0.328. The van der Waals surface area contributed by atoms with Gasteiger partial charge in [0.1, 0.15) is 5.82 Å². The number of benzene rings is 1. The molecule has 0 radical (unpaired) electrons. The van der Waals surface area contributed by atoms with Crippen LogP contribution in [0.3, 0.4) is 0 Å². The van der Waals surface area contributed by atoms with Crippen LogP contribution in [-0.2, 0) is 11.3 Å². The number of thioether (sulfide) groups is 1. The number of nitro benzene ring substituents is 1. The van der Waals surface area contributed by atoms with Crippen LogP contribution in [0.2, 0.25) is 0 Å². The van der Waals surface area contributed by atoms with Gasteiger partial charge in [0.2, 0.25) is 11.7 Å². The molecular formula is C16H16FN5O3S. The zero-order valence-corrected chi connectivity index (χ0v) is 14.5. The lowest BCUT2D eigenvalue weighted by molar-refractivity contribution is -0.387. The van der Waals surface area contributed by atoms with Gasteiger partial charge in [-0.05, 0) is 25.0 Å². The molecule has 0 spiro atoms. The molecule has 0 bridgehead atoms. The number of halogens is 1. The molecule has 26 heavy (non-hydrogen) atoms. The summed E-state index contributed by atoms with van der Waals surface area (Å²) < 4.78 is 15.3. The van der Waals surface area contributed by atoms with Crippen LogP contribution in [0, 0.1) is 15.9 Å². The number of amides is 1. The molecule has 1 aromatic carbocycles. The van der Waals surface area contributed by atoms with Crippen molar-refractivity contribution < 1.29 is 14.1 Å². The number of nitrogens with one attached hydrogen (secondary N) is 1. The Morgan fingerprint density at radius 3 is 2.92 bits per heavy atom. The highest BCUT2D eigenvalue weighted by molar-refractivity contribution is 7.99. The minimum atomic E-state index is -0.951. The average molecular weight is 377 g/mol. The standard InChI is InChI=1S/C16H16FN5O3S/c1-2-7-21-15(10-3-4-10)19-20-16(21)26-9-14(23)18-11-5-6-12(17)13(8-11)22(24)25/h2,5-6,8,10H,1,3-4,7,9H2,(H,18,23). The van der Waals surface area contributed by atoms with Crippen LogP contribution in [0.15, 0.2) is 36.0 Å². The number of nitrogens with zero attached hydrogens (tertiary/aromatic N) is 4. The first kappa shape index (κ1) is 18.1. The van der Waals surface area contributed by atoms with Gasteiger partial charge in [-0.2, -0.15) is 4.39 Å². The van der Waals surface area contributed by atoms with Crippen LogP contribution in [0.4, 0.5) is 15.8 Å². The number of nitro groups is 1. The summed E-state index contributed by atoms with van der Waals surface area (Å²) >= 11 is 1.22. The van der Waals surface area contributed by atoms with Crippen LogP contribution in [-0.4, -0.2) is 31.3 Å². The summed E-state index contributed by atoms with van der Waals surface area (Å²) in [6.45, 7) is 4.29. The molecule has 1 amide bonds. The van der Waals surface area contributed by atoms with E-state index in [2.05, 4.69) is 22.1 Å². The van der Waals surface area contributed by atoms with E-state index in [9.17, 15) is 19.3 Å². The minimum absolute atomic E-state index is 0.0467. The second-order valence-corrected chi connectivity index (χ2v) is 6.72. The van der Waals surface area contributed by atoms with Crippen molar-refractivity contribution in [3.05, 3.63) is 52.6 Å². The van der Waals surface area contributed by atoms with Crippen molar-refractivity contribution in [2.24, 2.45) is 0 Å². The fourth-order valence-corrected chi connectivity index (χ4v) is 3.16. The highest BCUT2D eigenvalue weighted by Gasteiger charge is 2.30. The van der Waals surface area contributed by atoms with Crippen molar-refractivity contribution in [1.82, 2.24) is 14.8 Å². The van der Waals surface area contributed by atoms with Gasteiger partial charge in [0.25, 0.3) is 0 Å². The zero-order valence-electron chi connectivity index (χ0n) is 13.7. The predicted molar refractivity (Wildman–Crippen MR) is 94.6 cm³/mol. The third-order valence-electron chi connectivity index (χ3n) is 3.76. The normalized spacial score (nSPS) is 13.4. The monoisotopic (exact) mass is 377 g/mol. The number of allylic oxidation sites excluding steroid dienone is 1. The van der Waals surface area contributed by atoms with Crippen LogP contribution in [0.25, 0.3) is 0 Å². The lowest BCUT2D eigenvalue weighted by Crippen LogP contribution is -2.15. The molecule has 3 rings (SSSR count). The molecule has 0 saturated heterocycles. The number of hydrogen-bond acceptors (Lipinski definition) is 6. The van der Waals surface area contributed by atoms with Crippen LogP contribution in [0.1, 0.15) is 24.6 Å². The Morgan fingerprint density at radius 1 is 1.50 bits per heavy atom. The van der Waals surface area contributed by atoms with E-state index in [4.69, 9.17) is 0 Å². The topological polar surface area (TPSA) is 103 Å². The Bertz CT molecular complexity index is 866. The molecule has 0 aliphatic heterocycles. The van der Waals surface area contributed by atoms with E-state index < -0.39 is 16.4 Å². The minimum Gasteiger partial charge on any atom is -0.325 e. The summed E-state index contributed by atoms with van der Waals surface area (Å²) in [6.07, 6.45) is 3.92. The number of carbonyl (C=O) groups is 1. The van der Waals surface area contributed by atoms with E-state index >= 15 is 0 Å². The lowest BCUT2D eigenvalue weighted by atomic mass is 10.2. The maximum atomic E-state index is 13.3. The van der Waals surface area contributed by atoms with Crippen molar-refractivity contribution in [2.45, 2.75) is 30.5 Å². The third-order valence-corrected chi connectivity index (χ3v) is 4.73. The molecule has 1 aliphatic rings. The smallest absolute Gasteiger partial charge is 0.306 e. The van der Waals surface area contributed by atoms with Crippen molar-refractivity contribution in [2.75, 3.05) is 11.1 Å². The Morgan fingerprint density at radius 2 is 2.27 bits per heavy atom. The van der Waals surface area contributed by atoms with E-state index in [1.54, 1.807) is 6.08 Å². The lowest BCUT2D eigenvalue weighted by Gasteiger charge is -2.07. The summed E-state index contributed by atoms with van der Waals surface area (Å²) in [5.41, 5.74) is -0.523. The summed E-state index contributed by atoms with van der Waals surface area (Å²) in [5.74, 6) is 0.0439. The van der Waals surface area contributed by atoms with Gasteiger partial charge in [0, 0.05) is 24.2 Å². The largest absolute Gasteiger partial charge is 0.325 e. The molecule has 0 atom stereocenters. The van der Waals surface area contributed by atoms with E-state index in [0.29, 0.717) is 17.6 Å². The Balaban J connectivity index is 1.63. The molecule has 1 fully saturated rings.